The molecule has 2 rings (SSSR count). The van der Waals surface area contributed by atoms with Crippen LogP contribution in [0.3, 0.4) is 0 Å². The van der Waals surface area contributed by atoms with Crippen molar-refractivity contribution < 1.29 is 4.79 Å². The topological polar surface area (TPSA) is 85.0 Å². The third-order valence-corrected chi connectivity index (χ3v) is 2.98. The Bertz CT molecular complexity index is 437. The van der Waals surface area contributed by atoms with Gasteiger partial charge in [-0.1, -0.05) is 13.8 Å². The fourth-order valence-electron chi connectivity index (χ4n) is 2.06. The minimum atomic E-state index is 0.0762. The Labute approximate surface area is 101 Å². The van der Waals surface area contributed by atoms with Crippen molar-refractivity contribution in [1.29, 1.82) is 0 Å². The molecule has 0 aromatic carbocycles. The molecule has 6 heteroatoms. The molecule has 1 aromatic rings. The first-order valence-corrected chi connectivity index (χ1v) is 5.84. The summed E-state index contributed by atoms with van der Waals surface area (Å²) in [4.78, 5) is 11.1. The Kier molecular flexibility index (Phi) is 2.95. The number of amides is 1. The molecule has 0 radical (unpaired) electrons. The maximum atomic E-state index is 11.1. The third kappa shape index (κ3) is 2.20. The van der Waals surface area contributed by atoms with E-state index in [0.717, 1.165) is 11.5 Å². The predicted octanol–water partition coefficient (Wildman–Crippen LogP) is 0.426. The van der Waals surface area contributed by atoms with Crippen LogP contribution in [0.1, 0.15) is 31.9 Å². The highest BCUT2D eigenvalue weighted by molar-refractivity contribution is 5.80. The molecule has 1 aliphatic heterocycles. The van der Waals surface area contributed by atoms with Gasteiger partial charge in [0.25, 0.3) is 0 Å². The van der Waals surface area contributed by atoms with Gasteiger partial charge in [-0.05, 0) is 5.92 Å². The van der Waals surface area contributed by atoms with Crippen LogP contribution < -0.4 is 16.4 Å². The lowest BCUT2D eigenvalue weighted by Crippen LogP contribution is -2.24. The van der Waals surface area contributed by atoms with E-state index in [-0.39, 0.29) is 11.9 Å². The van der Waals surface area contributed by atoms with E-state index in [1.807, 2.05) is 7.05 Å². The number of anilines is 2. The summed E-state index contributed by atoms with van der Waals surface area (Å²) in [6, 6.07) is 0.0974. The summed E-state index contributed by atoms with van der Waals surface area (Å²) in [5.41, 5.74) is 7.64. The van der Waals surface area contributed by atoms with Gasteiger partial charge >= 0.3 is 0 Å². The average molecular weight is 237 g/mol. The van der Waals surface area contributed by atoms with Gasteiger partial charge in [-0.15, -0.1) is 0 Å². The number of carbonyl (C=O) groups excluding carboxylic acids is 1. The minimum Gasteiger partial charge on any atom is -0.394 e. The van der Waals surface area contributed by atoms with Crippen molar-refractivity contribution in [1.82, 2.24) is 15.1 Å². The van der Waals surface area contributed by atoms with Gasteiger partial charge in [-0.2, -0.15) is 5.10 Å². The zero-order chi connectivity index (χ0) is 12.6. The van der Waals surface area contributed by atoms with Gasteiger partial charge in [0.05, 0.1) is 17.4 Å². The lowest BCUT2D eigenvalue weighted by atomic mass is 10.1. The molecule has 4 N–H and O–H groups in total. The van der Waals surface area contributed by atoms with Crippen LogP contribution in [0.25, 0.3) is 0 Å². The van der Waals surface area contributed by atoms with Crippen molar-refractivity contribution in [3.8, 4) is 0 Å². The van der Waals surface area contributed by atoms with Crippen molar-refractivity contribution in [2.45, 2.75) is 32.2 Å². The maximum Gasteiger partial charge on any atom is 0.222 e. The summed E-state index contributed by atoms with van der Waals surface area (Å²) >= 11 is 0. The van der Waals surface area contributed by atoms with Crippen LogP contribution in [0.5, 0.6) is 0 Å². The Balaban J connectivity index is 2.18. The number of aryl methyl sites for hydroxylation is 1. The van der Waals surface area contributed by atoms with Gasteiger partial charge in [0, 0.05) is 20.0 Å². The average Bonchev–Trinajstić information content (AvgIpc) is 2.77. The number of hydrogen-bond donors (Lipinski definition) is 3. The molecular formula is C11H19N5O. The first-order valence-electron chi connectivity index (χ1n) is 5.84. The van der Waals surface area contributed by atoms with Crippen molar-refractivity contribution in [3.05, 3.63) is 5.69 Å². The van der Waals surface area contributed by atoms with Gasteiger partial charge < -0.3 is 16.4 Å². The van der Waals surface area contributed by atoms with Gasteiger partial charge in [-0.25, -0.2) is 0 Å². The molecule has 1 saturated heterocycles. The molecule has 2 heterocycles. The Morgan fingerprint density at radius 2 is 2.29 bits per heavy atom. The number of nitrogens with one attached hydrogen (secondary N) is 2. The quantitative estimate of drug-likeness (QED) is 0.711. The highest BCUT2D eigenvalue weighted by Gasteiger charge is 2.24. The lowest BCUT2D eigenvalue weighted by Gasteiger charge is -2.12. The van der Waals surface area contributed by atoms with Gasteiger partial charge in [-0.3, -0.25) is 9.48 Å². The number of nitrogen functional groups attached to an aromatic ring is 1. The maximum absolute atomic E-state index is 11.1. The normalized spacial score (nSPS) is 19.8. The molecule has 6 nitrogen and oxygen atoms in total. The number of hydrogen-bond acceptors (Lipinski definition) is 4. The van der Waals surface area contributed by atoms with E-state index in [2.05, 4.69) is 29.6 Å². The molecule has 0 bridgehead atoms. The number of carbonyl (C=O) groups is 1. The second-order valence-electron chi connectivity index (χ2n) is 4.78. The Morgan fingerprint density at radius 1 is 1.59 bits per heavy atom. The third-order valence-electron chi connectivity index (χ3n) is 2.98. The van der Waals surface area contributed by atoms with E-state index >= 15 is 0 Å². The first-order chi connectivity index (χ1) is 7.99. The molecule has 17 heavy (non-hydrogen) atoms. The minimum absolute atomic E-state index is 0.0762. The summed E-state index contributed by atoms with van der Waals surface area (Å²) < 4.78 is 1.74. The fraction of sp³-hybridized carbons (Fsp3) is 0.636. The zero-order valence-electron chi connectivity index (χ0n) is 10.4. The molecule has 1 amide bonds. The van der Waals surface area contributed by atoms with Gasteiger partial charge in [0.15, 0.2) is 0 Å². The van der Waals surface area contributed by atoms with E-state index in [1.54, 1.807) is 4.68 Å². The zero-order valence-corrected chi connectivity index (χ0v) is 10.4. The molecule has 0 saturated carbocycles. The van der Waals surface area contributed by atoms with Crippen LogP contribution in [0.4, 0.5) is 11.5 Å². The summed E-state index contributed by atoms with van der Waals surface area (Å²) in [5, 5.41) is 10.5. The molecule has 1 atom stereocenters. The van der Waals surface area contributed by atoms with Crippen LogP contribution >= 0.6 is 0 Å². The Morgan fingerprint density at radius 3 is 2.76 bits per heavy atom. The highest BCUT2D eigenvalue weighted by Crippen LogP contribution is 2.28. The fourth-order valence-corrected chi connectivity index (χ4v) is 2.06. The van der Waals surface area contributed by atoms with Crippen LogP contribution in [0.2, 0.25) is 0 Å². The summed E-state index contributed by atoms with van der Waals surface area (Å²) in [6.45, 7) is 4.76. The molecule has 0 spiro atoms. The number of rotatable bonds is 3. The molecular weight excluding hydrogens is 218 g/mol. The predicted molar refractivity (Wildman–Crippen MR) is 66.7 cm³/mol. The first kappa shape index (κ1) is 11.8. The molecule has 1 fully saturated rings. The molecule has 1 aliphatic rings. The van der Waals surface area contributed by atoms with E-state index in [4.69, 9.17) is 5.73 Å². The Hall–Kier alpha value is -1.72. The van der Waals surface area contributed by atoms with Crippen molar-refractivity contribution in [2.24, 2.45) is 7.05 Å². The van der Waals surface area contributed by atoms with Gasteiger partial charge in [0.2, 0.25) is 5.91 Å². The van der Waals surface area contributed by atoms with Crippen molar-refractivity contribution >= 4 is 17.4 Å². The van der Waals surface area contributed by atoms with Crippen molar-refractivity contribution in [3.63, 3.8) is 0 Å². The SMILES string of the molecule is CC(C)c1nn(C)c(NC2CNC(=O)C2)c1N. The molecule has 0 aliphatic carbocycles. The van der Waals surface area contributed by atoms with Crippen LogP contribution in [-0.2, 0) is 11.8 Å². The monoisotopic (exact) mass is 237 g/mol. The second kappa shape index (κ2) is 4.27. The van der Waals surface area contributed by atoms with E-state index in [9.17, 15) is 4.79 Å². The van der Waals surface area contributed by atoms with Crippen molar-refractivity contribution in [2.75, 3.05) is 17.6 Å². The number of aromatic nitrogens is 2. The summed E-state index contributed by atoms with van der Waals surface area (Å²) in [6.07, 6.45) is 0.488. The van der Waals surface area contributed by atoms with Crippen LogP contribution in [0.15, 0.2) is 0 Å². The molecule has 94 valence electrons. The summed E-state index contributed by atoms with van der Waals surface area (Å²) in [7, 11) is 1.86. The van der Waals surface area contributed by atoms with E-state index in [0.29, 0.717) is 24.6 Å². The number of nitrogens with zero attached hydrogens (tertiary/aromatic N) is 2. The standard InChI is InChI=1S/C11H19N5O/c1-6(2)10-9(12)11(16(3)15-10)14-7-4-8(17)13-5-7/h6-7,14H,4-5,12H2,1-3H3,(H,13,17). The van der Waals surface area contributed by atoms with E-state index in [1.165, 1.54) is 0 Å². The van der Waals surface area contributed by atoms with Crippen LogP contribution in [-0.4, -0.2) is 28.3 Å². The van der Waals surface area contributed by atoms with Gasteiger partial charge in [0.1, 0.15) is 5.82 Å². The second-order valence-corrected chi connectivity index (χ2v) is 4.78. The van der Waals surface area contributed by atoms with Crippen LogP contribution in [0, 0.1) is 0 Å². The number of nitrogens with two attached hydrogens (primary N) is 1. The molecule has 1 unspecified atom stereocenters. The largest absolute Gasteiger partial charge is 0.394 e. The summed E-state index contributed by atoms with van der Waals surface area (Å²) in [5.74, 6) is 1.17. The highest BCUT2D eigenvalue weighted by atomic mass is 16.1. The van der Waals surface area contributed by atoms with E-state index < -0.39 is 0 Å². The lowest BCUT2D eigenvalue weighted by molar-refractivity contribution is -0.119. The molecule has 1 aromatic heterocycles. The smallest absolute Gasteiger partial charge is 0.222 e.